The Labute approximate surface area is 155 Å². The number of nitrogens with one attached hydrogen (secondary N) is 1. The van der Waals surface area contributed by atoms with Crippen LogP contribution in [0.1, 0.15) is 16.8 Å². The molecule has 0 saturated heterocycles. The van der Waals surface area contributed by atoms with E-state index in [2.05, 4.69) is 4.72 Å². The molecular formula is C17H17N2O5S2-. The van der Waals surface area contributed by atoms with Gasteiger partial charge in [0.15, 0.2) is 0 Å². The highest BCUT2D eigenvalue weighted by atomic mass is 32.2. The monoisotopic (exact) mass is 393 g/mol. The number of sulfonamides is 1. The number of nitrogens with zero attached hydrogens (tertiary/aromatic N) is 1. The quantitative estimate of drug-likeness (QED) is 0.737. The number of hydrogen-bond donors (Lipinski definition) is 1. The van der Waals surface area contributed by atoms with Crippen LogP contribution < -0.4 is 14.7 Å². The zero-order valence-electron chi connectivity index (χ0n) is 14.2. The van der Waals surface area contributed by atoms with Crippen LogP contribution in [0.15, 0.2) is 35.2 Å². The largest absolute Gasteiger partial charge is 0.548 e. The smallest absolute Gasteiger partial charge is 0.258 e. The van der Waals surface area contributed by atoms with Gasteiger partial charge in [0, 0.05) is 23.4 Å². The van der Waals surface area contributed by atoms with Crippen molar-refractivity contribution in [2.75, 3.05) is 24.0 Å². The van der Waals surface area contributed by atoms with Crippen LogP contribution >= 0.6 is 11.8 Å². The minimum Gasteiger partial charge on any atom is -0.548 e. The molecule has 26 heavy (non-hydrogen) atoms. The number of carboxylic acids is 1. The van der Waals surface area contributed by atoms with Gasteiger partial charge in [-0.25, -0.2) is 13.1 Å². The Morgan fingerprint density at radius 2 is 2.04 bits per heavy atom. The fourth-order valence-corrected chi connectivity index (χ4v) is 4.95. The second-order valence-corrected chi connectivity index (χ2v) is 8.62. The molecule has 1 aliphatic heterocycles. The standard InChI is InChI=1S/C17H18N2O5S2/c1-19-13-6-7-14(10-4-3-5-11(15(10)13)16(19)20)26(23,24)18-12(17(21)22)8-9-25-2/h3-7,12,18H,8-9H2,1-2H3,(H,21,22)/p-1/t12-/m1/s1. The predicted molar refractivity (Wildman–Crippen MR) is 98.8 cm³/mol. The number of hydrogen-bond acceptors (Lipinski definition) is 6. The van der Waals surface area contributed by atoms with Crippen molar-refractivity contribution in [2.45, 2.75) is 17.4 Å². The number of amides is 1. The summed E-state index contributed by atoms with van der Waals surface area (Å²) >= 11 is 1.42. The van der Waals surface area contributed by atoms with Gasteiger partial charge in [0.2, 0.25) is 10.0 Å². The molecule has 0 radical (unpaired) electrons. The lowest BCUT2D eigenvalue weighted by Gasteiger charge is -2.20. The molecule has 0 aromatic heterocycles. The highest BCUT2D eigenvalue weighted by molar-refractivity contribution is 7.98. The van der Waals surface area contributed by atoms with Gasteiger partial charge in [0.05, 0.1) is 22.6 Å². The number of thioether (sulfide) groups is 1. The minimum atomic E-state index is -4.11. The van der Waals surface area contributed by atoms with Crippen LogP contribution in [-0.2, 0) is 14.8 Å². The molecule has 2 aromatic rings. The minimum absolute atomic E-state index is 0.0587. The molecule has 9 heteroatoms. The SMILES string of the molecule is CSCC[C@@H](NS(=O)(=O)c1ccc2c3c(cccc13)C(=O)N2C)C(=O)[O-]. The summed E-state index contributed by atoms with van der Waals surface area (Å²) in [5, 5.41) is 12.2. The van der Waals surface area contributed by atoms with E-state index < -0.39 is 22.0 Å². The fraction of sp³-hybridized carbons (Fsp3) is 0.294. The first-order chi connectivity index (χ1) is 12.3. The van der Waals surface area contributed by atoms with Gasteiger partial charge in [-0.05, 0) is 36.6 Å². The summed E-state index contributed by atoms with van der Waals surface area (Å²) in [4.78, 5) is 25.0. The Hall–Kier alpha value is -2.10. The molecule has 1 heterocycles. The molecule has 1 amide bonds. The summed E-state index contributed by atoms with van der Waals surface area (Å²) in [6, 6.07) is 6.49. The number of benzene rings is 2. The van der Waals surface area contributed by atoms with Gasteiger partial charge in [-0.1, -0.05) is 12.1 Å². The maximum Gasteiger partial charge on any atom is 0.258 e. The number of carbonyl (C=O) groups excluding carboxylic acids is 2. The molecule has 0 unspecified atom stereocenters. The maximum atomic E-state index is 12.8. The van der Waals surface area contributed by atoms with Crippen molar-refractivity contribution in [3.63, 3.8) is 0 Å². The van der Waals surface area contributed by atoms with Gasteiger partial charge in [-0.2, -0.15) is 11.8 Å². The molecule has 1 atom stereocenters. The van der Waals surface area contributed by atoms with Gasteiger partial charge in [-0.3, -0.25) is 4.79 Å². The number of carbonyl (C=O) groups is 2. The lowest BCUT2D eigenvalue weighted by molar-refractivity contribution is -0.308. The van der Waals surface area contributed by atoms with E-state index in [1.165, 1.54) is 22.7 Å². The van der Waals surface area contributed by atoms with Crippen molar-refractivity contribution in [3.05, 3.63) is 35.9 Å². The van der Waals surface area contributed by atoms with E-state index in [1.54, 1.807) is 37.6 Å². The number of aliphatic carboxylic acids is 1. The summed E-state index contributed by atoms with van der Waals surface area (Å²) in [7, 11) is -2.49. The molecule has 0 bridgehead atoms. The van der Waals surface area contributed by atoms with Crippen LogP contribution in [0.5, 0.6) is 0 Å². The van der Waals surface area contributed by atoms with Gasteiger partial charge >= 0.3 is 0 Å². The predicted octanol–water partition coefficient (Wildman–Crippen LogP) is 0.580. The summed E-state index contributed by atoms with van der Waals surface area (Å²) in [6.07, 6.45) is 1.92. The topological polar surface area (TPSA) is 107 Å². The van der Waals surface area contributed by atoms with E-state index in [0.29, 0.717) is 27.8 Å². The van der Waals surface area contributed by atoms with E-state index in [9.17, 15) is 23.1 Å². The maximum absolute atomic E-state index is 12.8. The Bertz CT molecular complexity index is 1000. The molecule has 3 rings (SSSR count). The fourth-order valence-electron chi connectivity index (χ4n) is 3.05. The molecule has 0 fully saturated rings. The summed E-state index contributed by atoms with van der Waals surface area (Å²) < 4.78 is 27.9. The van der Waals surface area contributed by atoms with Gasteiger partial charge in [0.1, 0.15) is 0 Å². The average Bonchev–Trinajstić information content (AvgIpc) is 2.85. The average molecular weight is 393 g/mol. The van der Waals surface area contributed by atoms with Gasteiger partial charge < -0.3 is 14.8 Å². The van der Waals surface area contributed by atoms with E-state index >= 15 is 0 Å². The number of carboxylic acid groups (broad SMARTS) is 1. The molecule has 7 nitrogen and oxygen atoms in total. The third kappa shape index (κ3) is 3.06. The van der Waals surface area contributed by atoms with Crippen molar-refractivity contribution >= 4 is 50.1 Å². The van der Waals surface area contributed by atoms with E-state index in [1.807, 2.05) is 0 Å². The normalized spacial score (nSPS) is 14.8. The van der Waals surface area contributed by atoms with Crippen LogP contribution in [0.3, 0.4) is 0 Å². The van der Waals surface area contributed by atoms with E-state index in [-0.39, 0.29) is 17.2 Å². The van der Waals surface area contributed by atoms with E-state index in [0.717, 1.165) is 0 Å². The zero-order valence-corrected chi connectivity index (χ0v) is 15.8. The first-order valence-corrected chi connectivity index (χ1v) is 10.7. The van der Waals surface area contributed by atoms with Gasteiger partial charge in [-0.15, -0.1) is 0 Å². The third-order valence-corrected chi connectivity index (χ3v) is 6.53. The van der Waals surface area contributed by atoms with Crippen molar-refractivity contribution in [1.29, 1.82) is 0 Å². The van der Waals surface area contributed by atoms with Crippen LogP contribution in [0.25, 0.3) is 10.8 Å². The lowest BCUT2D eigenvalue weighted by Crippen LogP contribution is -2.48. The van der Waals surface area contributed by atoms with Crippen molar-refractivity contribution in [2.24, 2.45) is 0 Å². The Morgan fingerprint density at radius 3 is 2.69 bits per heavy atom. The molecule has 138 valence electrons. The van der Waals surface area contributed by atoms with Crippen molar-refractivity contribution < 1.29 is 23.1 Å². The van der Waals surface area contributed by atoms with Crippen molar-refractivity contribution in [1.82, 2.24) is 4.72 Å². The highest BCUT2D eigenvalue weighted by Crippen LogP contribution is 2.39. The lowest BCUT2D eigenvalue weighted by atomic mass is 10.1. The third-order valence-electron chi connectivity index (χ3n) is 4.36. The molecular weight excluding hydrogens is 376 g/mol. The molecule has 2 aromatic carbocycles. The second-order valence-electron chi connectivity index (χ2n) is 5.95. The molecule has 0 aliphatic carbocycles. The number of anilines is 1. The Balaban J connectivity index is 2.08. The molecule has 0 spiro atoms. The highest BCUT2D eigenvalue weighted by Gasteiger charge is 2.30. The molecule has 1 N–H and O–H groups in total. The van der Waals surface area contributed by atoms with E-state index in [4.69, 9.17) is 0 Å². The number of rotatable bonds is 7. The molecule has 1 aliphatic rings. The summed E-state index contributed by atoms with van der Waals surface area (Å²) in [5.41, 5.74) is 1.05. The summed E-state index contributed by atoms with van der Waals surface area (Å²) in [6.45, 7) is 0. The van der Waals surface area contributed by atoms with Crippen LogP contribution in [0, 0.1) is 0 Å². The zero-order chi connectivity index (χ0) is 19.1. The summed E-state index contributed by atoms with van der Waals surface area (Å²) in [5.74, 6) is -1.20. The Morgan fingerprint density at radius 1 is 1.31 bits per heavy atom. The van der Waals surface area contributed by atoms with Crippen LogP contribution in [-0.4, -0.2) is 45.4 Å². The van der Waals surface area contributed by atoms with Crippen LogP contribution in [0.2, 0.25) is 0 Å². The first kappa shape index (κ1) is 18.7. The first-order valence-electron chi connectivity index (χ1n) is 7.84. The molecule has 0 saturated carbocycles. The van der Waals surface area contributed by atoms with Crippen LogP contribution in [0.4, 0.5) is 5.69 Å². The van der Waals surface area contributed by atoms with Gasteiger partial charge in [0.25, 0.3) is 5.91 Å². The van der Waals surface area contributed by atoms with Crippen molar-refractivity contribution in [3.8, 4) is 0 Å². The second kappa shape index (κ2) is 6.90. The Kier molecular flexibility index (Phi) is 4.96.